The molecule has 0 bridgehead atoms. The van der Waals surface area contributed by atoms with Crippen molar-refractivity contribution >= 4 is 10.0 Å². The Morgan fingerprint density at radius 3 is 2.56 bits per heavy atom. The second-order valence-electron chi connectivity index (χ2n) is 5.99. The fraction of sp³-hybridized carbons (Fsp3) is 0.222. The summed E-state index contributed by atoms with van der Waals surface area (Å²) in [5, 5.41) is 4.14. The molecule has 3 aromatic rings. The molecule has 0 unspecified atom stereocenters. The second kappa shape index (κ2) is 6.78. The highest BCUT2D eigenvalue weighted by Crippen LogP contribution is 2.19. The minimum absolute atomic E-state index is 0.175. The first kappa shape index (κ1) is 17.3. The summed E-state index contributed by atoms with van der Waals surface area (Å²) < 4.78 is 29.4. The van der Waals surface area contributed by atoms with Crippen molar-refractivity contribution < 1.29 is 8.42 Å². The third kappa shape index (κ3) is 3.78. The maximum Gasteiger partial charge on any atom is 0.240 e. The first-order valence-electron chi connectivity index (χ1n) is 7.86. The molecular formula is C18H20N4O2S. The fourth-order valence-corrected chi connectivity index (χ4v) is 3.63. The molecular weight excluding hydrogens is 336 g/mol. The Morgan fingerprint density at radius 1 is 1.08 bits per heavy atom. The lowest BCUT2D eigenvalue weighted by molar-refractivity contribution is 0.581. The van der Waals surface area contributed by atoms with Crippen LogP contribution in [0, 0.1) is 13.8 Å². The number of sulfonamides is 1. The molecule has 0 radical (unpaired) electrons. The van der Waals surface area contributed by atoms with Crippen LogP contribution in [0.4, 0.5) is 0 Å². The van der Waals surface area contributed by atoms with Gasteiger partial charge in [-0.15, -0.1) is 0 Å². The molecule has 3 rings (SSSR count). The average molecular weight is 356 g/mol. The topological polar surface area (TPSA) is 76.9 Å². The van der Waals surface area contributed by atoms with E-state index in [9.17, 15) is 8.42 Å². The third-order valence-electron chi connectivity index (χ3n) is 4.17. The van der Waals surface area contributed by atoms with Gasteiger partial charge in [0.2, 0.25) is 10.0 Å². The zero-order chi connectivity index (χ0) is 18.0. The van der Waals surface area contributed by atoms with E-state index in [0.29, 0.717) is 0 Å². The molecule has 7 heteroatoms. The van der Waals surface area contributed by atoms with Crippen LogP contribution >= 0.6 is 0 Å². The summed E-state index contributed by atoms with van der Waals surface area (Å²) in [5.74, 6) is 0. The lowest BCUT2D eigenvalue weighted by Crippen LogP contribution is -2.23. The van der Waals surface area contributed by atoms with Crippen molar-refractivity contribution in [1.82, 2.24) is 19.5 Å². The number of hydrogen-bond acceptors (Lipinski definition) is 4. The molecule has 0 atom stereocenters. The molecule has 2 aromatic heterocycles. The SMILES string of the molecule is Cc1ccc(S(=O)(=O)NCc2cncc(-c3ccnn3C)c2)cc1C. The molecule has 25 heavy (non-hydrogen) atoms. The average Bonchev–Trinajstić information content (AvgIpc) is 3.02. The van der Waals surface area contributed by atoms with Crippen molar-refractivity contribution in [2.24, 2.45) is 7.05 Å². The van der Waals surface area contributed by atoms with Crippen LogP contribution < -0.4 is 4.72 Å². The summed E-state index contributed by atoms with van der Waals surface area (Å²) >= 11 is 0. The zero-order valence-corrected chi connectivity index (χ0v) is 15.2. The Balaban J connectivity index is 1.79. The summed E-state index contributed by atoms with van der Waals surface area (Å²) in [6.07, 6.45) is 5.10. The van der Waals surface area contributed by atoms with Crippen molar-refractivity contribution in [1.29, 1.82) is 0 Å². The number of aryl methyl sites for hydroxylation is 3. The largest absolute Gasteiger partial charge is 0.268 e. The number of benzene rings is 1. The van der Waals surface area contributed by atoms with Crippen LogP contribution in [0.2, 0.25) is 0 Å². The van der Waals surface area contributed by atoms with E-state index in [-0.39, 0.29) is 11.4 Å². The number of hydrogen-bond donors (Lipinski definition) is 1. The predicted molar refractivity (Wildman–Crippen MR) is 96.4 cm³/mol. The van der Waals surface area contributed by atoms with Crippen LogP contribution in [0.5, 0.6) is 0 Å². The molecule has 0 saturated carbocycles. The highest BCUT2D eigenvalue weighted by molar-refractivity contribution is 7.89. The molecule has 1 N–H and O–H groups in total. The van der Waals surface area contributed by atoms with Crippen molar-refractivity contribution in [3.63, 3.8) is 0 Å². The van der Waals surface area contributed by atoms with Crippen LogP contribution in [-0.4, -0.2) is 23.2 Å². The van der Waals surface area contributed by atoms with Gasteiger partial charge in [-0.2, -0.15) is 5.10 Å². The van der Waals surface area contributed by atoms with Crippen molar-refractivity contribution in [2.75, 3.05) is 0 Å². The van der Waals surface area contributed by atoms with Gasteiger partial charge < -0.3 is 0 Å². The van der Waals surface area contributed by atoms with Gasteiger partial charge in [-0.05, 0) is 54.8 Å². The maximum atomic E-state index is 12.5. The monoisotopic (exact) mass is 356 g/mol. The van der Waals surface area contributed by atoms with Gasteiger partial charge in [-0.3, -0.25) is 9.67 Å². The lowest BCUT2D eigenvalue weighted by atomic mass is 10.1. The Hall–Kier alpha value is -2.51. The van der Waals surface area contributed by atoms with Gasteiger partial charge in [-0.25, -0.2) is 13.1 Å². The molecule has 6 nitrogen and oxygen atoms in total. The molecule has 0 fully saturated rings. The molecule has 130 valence electrons. The van der Waals surface area contributed by atoms with Crippen LogP contribution in [-0.2, 0) is 23.6 Å². The molecule has 0 saturated heterocycles. The molecule has 1 aromatic carbocycles. The van der Waals surface area contributed by atoms with Crippen LogP contribution in [0.15, 0.2) is 53.8 Å². The van der Waals surface area contributed by atoms with Gasteiger partial charge >= 0.3 is 0 Å². The summed E-state index contributed by atoms with van der Waals surface area (Å²) in [6.45, 7) is 4.03. The Bertz CT molecular complexity index is 1010. The number of nitrogens with zero attached hydrogens (tertiary/aromatic N) is 3. The quantitative estimate of drug-likeness (QED) is 0.762. The van der Waals surface area contributed by atoms with E-state index in [0.717, 1.165) is 27.9 Å². The molecule has 2 heterocycles. The first-order chi connectivity index (χ1) is 11.9. The molecule has 0 aliphatic rings. The summed E-state index contributed by atoms with van der Waals surface area (Å²) in [5.41, 5.74) is 4.61. The van der Waals surface area contributed by atoms with Gasteiger partial charge in [0, 0.05) is 37.7 Å². The van der Waals surface area contributed by atoms with Gasteiger partial charge in [0.1, 0.15) is 0 Å². The number of aromatic nitrogens is 3. The minimum Gasteiger partial charge on any atom is -0.268 e. The zero-order valence-electron chi connectivity index (χ0n) is 14.4. The molecule has 0 aliphatic carbocycles. The standard InChI is InChI=1S/C18H20N4O2S/c1-13-4-5-17(8-14(13)2)25(23,24)21-11-15-9-16(12-19-10-15)18-6-7-20-22(18)3/h4-10,12,21H,11H2,1-3H3. The maximum absolute atomic E-state index is 12.5. The smallest absolute Gasteiger partial charge is 0.240 e. The molecule has 0 amide bonds. The van der Waals surface area contributed by atoms with E-state index in [1.807, 2.05) is 39.1 Å². The van der Waals surface area contributed by atoms with Gasteiger partial charge in [0.25, 0.3) is 0 Å². The third-order valence-corrected chi connectivity index (χ3v) is 5.57. The Morgan fingerprint density at radius 2 is 1.88 bits per heavy atom. The summed E-state index contributed by atoms with van der Waals surface area (Å²) in [4.78, 5) is 4.47. The van der Waals surface area contributed by atoms with Crippen molar-refractivity contribution in [3.05, 3.63) is 65.6 Å². The van der Waals surface area contributed by atoms with Gasteiger partial charge in [0.05, 0.1) is 10.6 Å². The normalized spacial score (nSPS) is 11.6. The van der Waals surface area contributed by atoms with Crippen molar-refractivity contribution in [3.8, 4) is 11.3 Å². The number of rotatable bonds is 5. The Kier molecular flexibility index (Phi) is 4.69. The van der Waals surface area contributed by atoms with E-state index in [4.69, 9.17) is 0 Å². The van der Waals surface area contributed by atoms with Crippen LogP contribution in [0.25, 0.3) is 11.3 Å². The molecule has 0 aliphatic heterocycles. The highest BCUT2D eigenvalue weighted by Gasteiger charge is 2.15. The fourth-order valence-electron chi connectivity index (χ4n) is 2.52. The van der Waals surface area contributed by atoms with Crippen LogP contribution in [0.3, 0.4) is 0 Å². The Labute approximate surface area is 147 Å². The first-order valence-corrected chi connectivity index (χ1v) is 9.34. The summed E-state index contributed by atoms with van der Waals surface area (Å²) in [7, 11) is -1.72. The van der Waals surface area contributed by atoms with Gasteiger partial charge in [-0.1, -0.05) is 6.07 Å². The summed E-state index contributed by atoms with van der Waals surface area (Å²) in [6, 6.07) is 8.92. The number of nitrogens with one attached hydrogen (secondary N) is 1. The lowest BCUT2D eigenvalue weighted by Gasteiger charge is -2.09. The van der Waals surface area contributed by atoms with Gasteiger partial charge in [0.15, 0.2) is 0 Å². The second-order valence-corrected chi connectivity index (χ2v) is 7.76. The van der Waals surface area contributed by atoms with Crippen LogP contribution in [0.1, 0.15) is 16.7 Å². The van der Waals surface area contributed by atoms with E-state index in [2.05, 4.69) is 14.8 Å². The van der Waals surface area contributed by atoms with E-state index in [1.54, 1.807) is 35.4 Å². The minimum atomic E-state index is -3.57. The van der Waals surface area contributed by atoms with E-state index >= 15 is 0 Å². The van der Waals surface area contributed by atoms with Crippen molar-refractivity contribution in [2.45, 2.75) is 25.3 Å². The van der Waals surface area contributed by atoms with E-state index in [1.165, 1.54) is 0 Å². The number of pyridine rings is 1. The highest BCUT2D eigenvalue weighted by atomic mass is 32.2. The van der Waals surface area contributed by atoms with E-state index < -0.39 is 10.0 Å². The predicted octanol–water partition coefficient (Wildman–Crippen LogP) is 2.58. The molecule has 0 spiro atoms.